The lowest BCUT2D eigenvalue weighted by Gasteiger charge is -2.26. The van der Waals surface area contributed by atoms with Crippen LogP contribution in [0.1, 0.15) is 48.4 Å². The van der Waals surface area contributed by atoms with Crippen molar-refractivity contribution in [3.05, 3.63) is 133 Å². The summed E-state index contributed by atoms with van der Waals surface area (Å²) in [4.78, 5) is 41.8. The minimum atomic E-state index is -0.715. The van der Waals surface area contributed by atoms with Crippen LogP contribution >= 0.6 is 0 Å². The van der Waals surface area contributed by atoms with Gasteiger partial charge in [-0.05, 0) is 54.5 Å². The molecule has 0 unspecified atom stereocenters. The van der Waals surface area contributed by atoms with Crippen molar-refractivity contribution < 1.29 is 28.6 Å². The van der Waals surface area contributed by atoms with Crippen LogP contribution in [0.5, 0.6) is 0 Å². The number of nitrogens with zero attached hydrogens (tertiary/aromatic N) is 1. The Morgan fingerprint density at radius 2 is 1.56 bits per heavy atom. The number of esters is 1. The van der Waals surface area contributed by atoms with Crippen LogP contribution in [0.15, 0.2) is 110 Å². The number of halogens is 1. The van der Waals surface area contributed by atoms with E-state index in [2.05, 4.69) is 18.5 Å². The third-order valence-electron chi connectivity index (χ3n) is 7.54. The number of amides is 2. The van der Waals surface area contributed by atoms with E-state index in [1.54, 1.807) is 29.2 Å². The largest absolute Gasteiger partial charge is 0.463 e. The van der Waals surface area contributed by atoms with E-state index in [4.69, 9.17) is 4.74 Å². The number of ether oxygens (including phenoxy) is 1. The number of allylic oxidation sites excluding steroid dienone is 2. The summed E-state index contributed by atoms with van der Waals surface area (Å²) in [6.07, 6.45) is 5.02. The Hall–Kier alpha value is -4.56. The van der Waals surface area contributed by atoms with Gasteiger partial charge in [-0.1, -0.05) is 84.9 Å². The van der Waals surface area contributed by atoms with Crippen LogP contribution in [-0.2, 0) is 32.1 Å². The fourth-order valence-electron chi connectivity index (χ4n) is 5.05. The molecule has 238 valence electrons. The topological polar surface area (TPSA) is 95.9 Å². The number of hydrogen-bond acceptors (Lipinski definition) is 5. The molecule has 2 N–H and O–H groups in total. The molecular weight excluding hydrogens is 571 g/mol. The fraction of sp³-hybridized carbons (Fsp3) is 0.324. The van der Waals surface area contributed by atoms with Gasteiger partial charge in [-0.3, -0.25) is 14.4 Å². The first-order valence-corrected chi connectivity index (χ1v) is 15.2. The lowest BCUT2D eigenvalue weighted by molar-refractivity contribution is -0.150. The second-order valence-electron chi connectivity index (χ2n) is 10.9. The molecule has 7 nitrogen and oxygen atoms in total. The number of aliphatic hydroxyl groups excluding tert-OH is 1. The van der Waals surface area contributed by atoms with E-state index in [1.807, 2.05) is 60.7 Å². The van der Waals surface area contributed by atoms with E-state index >= 15 is 0 Å². The van der Waals surface area contributed by atoms with E-state index in [0.29, 0.717) is 25.8 Å². The Morgan fingerprint density at radius 1 is 0.889 bits per heavy atom. The van der Waals surface area contributed by atoms with Crippen molar-refractivity contribution in [2.24, 2.45) is 11.8 Å². The van der Waals surface area contributed by atoms with Gasteiger partial charge in [-0.25, -0.2) is 4.39 Å². The van der Waals surface area contributed by atoms with Crippen molar-refractivity contribution in [1.82, 2.24) is 10.2 Å². The molecule has 3 aromatic carbocycles. The van der Waals surface area contributed by atoms with Crippen molar-refractivity contribution in [3.63, 3.8) is 0 Å². The van der Waals surface area contributed by atoms with Gasteiger partial charge in [0.15, 0.2) is 0 Å². The Kier molecular flexibility index (Phi) is 14.7. The van der Waals surface area contributed by atoms with Gasteiger partial charge < -0.3 is 20.1 Å². The van der Waals surface area contributed by atoms with Crippen LogP contribution in [-0.4, -0.2) is 47.5 Å². The molecule has 0 aliphatic carbocycles. The Labute approximate surface area is 265 Å². The highest BCUT2D eigenvalue weighted by Gasteiger charge is 2.28. The van der Waals surface area contributed by atoms with E-state index in [1.165, 1.54) is 12.1 Å². The first kappa shape index (κ1) is 34.9. The van der Waals surface area contributed by atoms with E-state index in [-0.39, 0.29) is 50.2 Å². The van der Waals surface area contributed by atoms with Crippen LogP contribution in [0.25, 0.3) is 0 Å². The normalized spacial score (nSPS) is 12.8. The van der Waals surface area contributed by atoms with Crippen LogP contribution in [0.2, 0.25) is 0 Å². The Morgan fingerprint density at radius 3 is 2.18 bits per heavy atom. The van der Waals surface area contributed by atoms with Gasteiger partial charge in [0.2, 0.25) is 11.8 Å². The average Bonchev–Trinajstić information content (AvgIpc) is 3.06. The van der Waals surface area contributed by atoms with Gasteiger partial charge >= 0.3 is 5.97 Å². The third kappa shape index (κ3) is 11.8. The summed E-state index contributed by atoms with van der Waals surface area (Å²) in [5, 5.41) is 12.6. The molecule has 3 aromatic rings. The zero-order valence-electron chi connectivity index (χ0n) is 25.7. The zero-order chi connectivity index (χ0) is 32.4. The monoisotopic (exact) mass is 614 g/mol. The minimum absolute atomic E-state index is 0.0761. The predicted octanol–water partition coefficient (Wildman–Crippen LogP) is 5.95. The van der Waals surface area contributed by atoms with E-state index < -0.39 is 23.8 Å². The van der Waals surface area contributed by atoms with Gasteiger partial charge in [0.25, 0.3) is 0 Å². The molecule has 0 aliphatic heterocycles. The smallest absolute Gasteiger partial charge is 0.309 e. The van der Waals surface area contributed by atoms with Crippen LogP contribution in [0, 0.1) is 17.7 Å². The van der Waals surface area contributed by atoms with Crippen molar-refractivity contribution in [1.29, 1.82) is 0 Å². The number of benzene rings is 3. The first-order valence-electron chi connectivity index (χ1n) is 15.2. The molecule has 45 heavy (non-hydrogen) atoms. The SMILES string of the molecule is C=CCC[C@@H](Cc1ccc(F)cc1)C(=O)OC[C@@H](NC(=O)[C@H](CC=C)CC(=O)N(CCO)Cc1ccccc1)c1ccccc1. The van der Waals surface area contributed by atoms with E-state index in [9.17, 15) is 23.9 Å². The van der Waals surface area contributed by atoms with Gasteiger partial charge in [0.05, 0.1) is 24.5 Å². The van der Waals surface area contributed by atoms with Gasteiger partial charge in [0, 0.05) is 19.5 Å². The quantitative estimate of drug-likeness (QED) is 0.128. The summed E-state index contributed by atoms with van der Waals surface area (Å²) in [7, 11) is 0. The number of carbonyl (C=O) groups is 3. The molecule has 8 heteroatoms. The second kappa shape index (κ2) is 19.0. The molecule has 0 fully saturated rings. The van der Waals surface area contributed by atoms with E-state index in [0.717, 1.165) is 16.7 Å². The lowest BCUT2D eigenvalue weighted by atomic mass is 9.94. The molecular formula is C37H43FN2O5. The molecule has 0 saturated carbocycles. The second-order valence-corrected chi connectivity index (χ2v) is 10.9. The maximum absolute atomic E-state index is 13.6. The molecule has 0 aliphatic rings. The maximum atomic E-state index is 13.6. The molecule has 0 bridgehead atoms. The van der Waals surface area contributed by atoms with Crippen molar-refractivity contribution in [2.75, 3.05) is 19.8 Å². The summed E-state index contributed by atoms with van der Waals surface area (Å²) in [6, 6.07) is 24.0. The Bertz CT molecular complexity index is 1360. The molecule has 3 rings (SSSR count). The summed E-state index contributed by atoms with van der Waals surface area (Å²) in [5.74, 6) is -2.59. The number of carbonyl (C=O) groups excluding carboxylic acids is 3. The molecule has 0 spiro atoms. The highest BCUT2D eigenvalue weighted by atomic mass is 19.1. The maximum Gasteiger partial charge on any atom is 0.309 e. The lowest BCUT2D eigenvalue weighted by Crippen LogP contribution is -2.40. The number of nitrogens with one attached hydrogen (secondary N) is 1. The summed E-state index contributed by atoms with van der Waals surface area (Å²) in [5.41, 5.74) is 2.48. The first-order chi connectivity index (χ1) is 21.8. The predicted molar refractivity (Wildman–Crippen MR) is 173 cm³/mol. The molecule has 0 aromatic heterocycles. The van der Waals surface area contributed by atoms with Crippen LogP contribution in [0.4, 0.5) is 4.39 Å². The highest BCUT2D eigenvalue weighted by molar-refractivity contribution is 5.86. The summed E-state index contributed by atoms with van der Waals surface area (Å²) >= 11 is 0. The van der Waals surface area contributed by atoms with Crippen molar-refractivity contribution in [2.45, 2.75) is 44.7 Å². The fourth-order valence-corrected chi connectivity index (χ4v) is 5.05. The Balaban J connectivity index is 1.72. The van der Waals surface area contributed by atoms with Gasteiger partial charge in [-0.15, -0.1) is 13.2 Å². The summed E-state index contributed by atoms with van der Waals surface area (Å²) < 4.78 is 19.2. The molecule has 0 saturated heterocycles. The van der Waals surface area contributed by atoms with Gasteiger partial charge in [0.1, 0.15) is 12.4 Å². The van der Waals surface area contributed by atoms with Crippen LogP contribution < -0.4 is 5.32 Å². The standard InChI is InChI=1S/C37H43FN2O5/c1-3-5-15-32(24-28-18-20-33(38)21-19-28)37(44)45-27-34(30-16-10-7-11-17-30)39-36(43)31(12-4-2)25-35(42)40(22-23-41)26-29-13-8-6-9-14-29/h3-4,6-11,13-14,16-21,31-32,34,41H,1-2,5,12,15,22-27H2,(H,39,43)/t31-,32+,34-/m1/s1. The minimum Gasteiger partial charge on any atom is -0.463 e. The third-order valence-corrected chi connectivity index (χ3v) is 7.54. The van der Waals surface area contributed by atoms with Gasteiger partial charge in [-0.2, -0.15) is 0 Å². The molecule has 3 atom stereocenters. The highest BCUT2D eigenvalue weighted by Crippen LogP contribution is 2.21. The zero-order valence-corrected chi connectivity index (χ0v) is 25.7. The number of aliphatic hydroxyl groups is 1. The number of rotatable bonds is 19. The molecule has 2 amide bonds. The number of hydrogen-bond donors (Lipinski definition) is 2. The van der Waals surface area contributed by atoms with Crippen molar-refractivity contribution >= 4 is 17.8 Å². The molecule has 0 radical (unpaired) electrons. The van der Waals surface area contributed by atoms with Crippen LogP contribution in [0.3, 0.4) is 0 Å². The molecule has 0 heterocycles. The summed E-state index contributed by atoms with van der Waals surface area (Å²) in [6.45, 7) is 7.68. The van der Waals surface area contributed by atoms with Crippen molar-refractivity contribution in [3.8, 4) is 0 Å². The average molecular weight is 615 g/mol.